The van der Waals surface area contributed by atoms with Crippen LogP contribution in [0.1, 0.15) is 0 Å². The molecule has 2 aromatic rings. The van der Waals surface area contributed by atoms with Crippen LogP contribution in [0.2, 0.25) is 0 Å². The molecule has 1 amide bonds. The highest BCUT2D eigenvalue weighted by atomic mass is 79.9. The smallest absolute Gasteiger partial charge is 0.404 e. The average molecular weight is 372 g/mol. The second-order valence-corrected chi connectivity index (χ2v) is 5.07. The monoisotopic (exact) mass is 371 g/mol. The van der Waals surface area contributed by atoms with Crippen LogP contribution in [0.5, 0.6) is 0 Å². The molecular weight excluding hydrogens is 361 g/mol. The molecule has 0 aliphatic carbocycles. The number of aromatic nitrogens is 4. The van der Waals surface area contributed by atoms with Crippen LogP contribution in [0.4, 0.5) is 9.18 Å². The van der Waals surface area contributed by atoms with Gasteiger partial charge in [-0.15, -0.1) is 0 Å². The number of nitrogens with zero attached hydrogens (tertiary/aromatic N) is 4. The van der Waals surface area contributed by atoms with Gasteiger partial charge in [-0.2, -0.15) is 5.10 Å². The first-order valence-electron chi connectivity index (χ1n) is 5.98. The van der Waals surface area contributed by atoms with Crippen LogP contribution in [0.25, 0.3) is 5.82 Å². The standard InChI is InChI=1S/C12H11BrFN5O3/c13-9-1-2-10(16-4-9)18-7-17-19(12(18)21)5-8(3-14)6-22-11(15)20/h1-4,7H,5-6H2,(H2,15,20)/b8-3-. The van der Waals surface area contributed by atoms with Gasteiger partial charge in [-0.1, -0.05) is 0 Å². The topological polar surface area (TPSA) is 105 Å². The molecule has 116 valence electrons. The minimum absolute atomic E-state index is 0.0370. The molecule has 2 N–H and O–H groups in total. The van der Waals surface area contributed by atoms with Crippen LogP contribution in [0, 0.1) is 0 Å². The quantitative estimate of drug-likeness (QED) is 0.848. The summed E-state index contributed by atoms with van der Waals surface area (Å²) < 4.78 is 20.2. The number of amides is 1. The number of pyridine rings is 1. The molecule has 0 aliphatic rings. The summed E-state index contributed by atoms with van der Waals surface area (Å²) in [4.78, 5) is 26.7. The van der Waals surface area contributed by atoms with Crippen molar-refractivity contribution in [1.82, 2.24) is 19.3 Å². The number of nitrogens with two attached hydrogens (primary N) is 1. The third-order valence-corrected chi connectivity index (χ3v) is 3.07. The molecular formula is C12H11BrFN5O3. The molecule has 0 bridgehead atoms. The van der Waals surface area contributed by atoms with Gasteiger partial charge in [-0.3, -0.25) is 0 Å². The fourth-order valence-electron chi connectivity index (χ4n) is 1.58. The second-order valence-electron chi connectivity index (χ2n) is 4.15. The summed E-state index contributed by atoms with van der Waals surface area (Å²) in [6.07, 6.45) is 2.01. The molecule has 0 fully saturated rings. The Morgan fingerprint density at radius 1 is 1.50 bits per heavy atom. The molecule has 0 saturated heterocycles. The normalized spacial score (nSPS) is 11.5. The van der Waals surface area contributed by atoms with E-state index in [-0.39, 0.29) is 25.1 Å². The van der Waals surface area contributed by atoms with Crippen molar-refractivity contribution in [2.45, 2.75) is 6.54 Å². The molecule has 0 aromatic carbocycles. The molecule has 0 spiro atoms. The van der Waals surface area contributed by atoms with E-state index < -0.39 is 11.8 Å². The molecule has 2 rings (SSSR count). The molecule has 2 aromatic heterocycles. The van der Waals surface area contributed by atoms with E-state index in [0.29, 0.717) is 5.82 Å². The van der Waals surface area contributed by atoms with Crippen molar-refractivity contribution in [3.63, 3.8) is 0 Å². The van der Waals surface area contributed by atoms with Gasteiger partial charge in [-0.25, -0.2) is 28.2 Å². The van der Waals surface area contributed by atoms with Crippen LogP contribution >= 0.6 is 15.9 Å². The highest BCUT2D eigenvalue weighted by Gasteiger charge is 2.10. The predicted octanol–water partition coefficient (Wildman–Crippen LogP) is 1.14. The van der Waals surface area contributed by atoms with E-state index in [0.717, 1.165) is 9.15 Å². The van der Waals surface area contributed by atoms with Gasteiger partial charge in [0.25, 0.3) is 0 Å². The molecule has 0 atom stereocenters. The van der Waals surface area contributed by atoms with Crippen molar-refractivity contribution in [3.8, 4) is 5.82 Å². The molecule has 22 heavy (non-hydrogen) atoms. The highest BCUT2D eigenvalue weighted by molar-refractivity contribution is 9.10. The Kier molecular flexibility index (Phi) is 5.04. The minimum Gasteiger partial charge on any atom is -0.445 e. The molecule has 0 unspecified atom stereocenters. The van der Waals surface area contributed by atoms with Crippen molar-refractivity contribution in [2.75, 3.05) is 6.61 Å². The van der Waals surface area contributed by atoms with E-state index in [1.54, 1.807) is 12.1 Å². The maximum Gasteiger partial charge on any atom is 0.404 e. The van der Waals surface area contributed by atoms with E-state index in [1.807, 2.05) is 0 Å². The third-order valence-electron chi connectivity index (χ3n) is 2.60. The first-order chi connectivity index (χ1) is 10.5. The van der Waals surface area contributed by atoms with Gasteiger partial charge in [0.1, 0.15) is 18.8 Å². The molecule has 0 radical (unpaired) electrons. The zero-order valence-corrected chi connectivity index (χ0v) is 12.7. The van der Waals surface area contributed by atoms with Crippen molar-refractivity contribution in [3.05, 3.63) is 51.5 Å². The lowest BCUT2D eigenvalue weighted by molar-refractivity contribution is 0.164. The fourth-order valence-corrected chi connectivity index (χ4v) is 1.82. The summed E-state index contributed by atoms with van der Waals surface area (Å²) in [5.41, 5.74) is 4.33. The lowest BCUT2D eigenvalue weighted by Crippen LogP contribution is -2.26. The number of ether oxygens (including phenoxy) is 1. The summed E-state index contributed by atoms with van der Waals surface area (Å²) >= 11 is 3.24. The minimum atomic E-state index is -1.03. The van der Waals surface area contributed by atoms with E-state index in [4.69, 9.17) is 5.73 Å². The molecule has 10 heteroatoms. The summed E-state index contributed by atoms with van der Waals surface area (Å²) in [6.45, 7) is -0.534. The SMILES string of the molecule is NC(=O)OC/C(=C\F)Cn1ncn(-c2ccc(Br)cn2)c1=O. The van der Waals surface area contributed by atoms with Crippen molar-refractivity contribution in [2.24, 2.45) is 5.73 Å². The molecule has 2 heterocycles. The predicted molar refractivity (Wildman–Crippen MR) is 78.0 cm³/mol. The van der Waals surface area contributed by atoms with E-state index in [2.05, 4.69) is 30.7 Å². The number of rotatable bonds is 5. The largest absolute Gasteiger partial charge is 0.445 e. The fraction of sp³-hybridized carbons (Fsp3) is 0.167. The third kappa shape index (κ3) is 3.79. The Morgan fingerprint density at radius 2 is 2.27 bits per heavy atom. The first kappa shape index (κ1) is 15.9. The molecule has 0 aliphatic heterocycles. The van der Waals surface area contributed by atoms with Crippen molar-refractivity contribution < 1.29 is 13.9 Å². The summed E-state index contributed by atoms with van der Waals surface area (Å²) in [6, 6.07) is 3.35. The van der Waals surface area contributed by atoms with Gasteiger partial charge in [0, 0.05) is 16.2 Å². The summed E-state index contributed by atoms with van der Waals surface area (Å²) in [5.74, 6) is 0.374. The second kappa shape index (κ2) is 6.98. The summed E-state index contributed by atoms with van der Waals surface area (Å²) in [7, 11) is 0. The molecule has 0 saturated carbocycles. The Bertz CT molecular complexity index is 753. The zero-order valence-electron chi connectivity index (χ0n) is 11.1. The number of carbonyl (C=O) groups excluding carboxylic acids is 1. The van der Waals surface area contributed by atoms with E-state index >= 15 is 0 Å². The Hall–Kier alpha value is -2.49. The average Bonchev–Trinajstić information content (AvgIpc) is 2.85. The Morgan fingerprint density at radius 3 is 2.86 bits per heavy atom. The van der Waals surface area contributed by atoms with Crippen LogP contribution in [0.15, 0.2) is 45.8 Å². The lowest BCUT2D eigenvalue weighted by atomic mass is 10.3. The van der Waals surface area contributed by atoms with E-state index in [1.165, 1.54) is 17.1 Å². The van der Waals surface area contributed by atoms with Crippen LogP contribution in [0.3, 0.4) is 0 Å². The van der Waals surface area contributed by atoms with Crippen molar-refractivity contribution >= 4 is 22.0 Å². The lowest BCUT2D eigenvalue weighted by Gasteiger charge is -2.05. The zero-order chi connectivity index (χ0) is 16.1. The Balaban J connectivity index is 2.19. The summed E-state index contributed by atoms with van der Waals surface area (Å²) in [5, 5.41) is 3.87. The maximum absolute atomic E-state index is 12.7. The van der Waals surface area contributed by atoms with E-state index in [9.17, 15) is 14.0 Å². The van der Waals surface area contributed by atoms with Gasteiger partial charge in [0.15, 0.2) is 0 Å². The number of hydrogen-bond donors (Lipinski definition) is 1. The van der Waals surface area contributed by atoms with Gasteiger partial charge < -0.3 is 10.5 Å². The number of halogens is 2. The van der Waals surface area contributed by atoms with Gasteiger partial charge >= 0.3 is 11.8 Å². The first-order valence-corrected chi connectivity index (χ1v) is 6.77. The van der Waals surface area contributed by atoms with Crippen LogP contribution in [-0.2, 0) is 11.3 Å². The Labute approximate surface area is 132 Å². The van der Waals surface area contributed by atoms with Gasteiger partial charge in [0.05, 0.1) is 12.9 Å². The van der Waals surface area contributed by atoms with Crippen molar-refractivity contribution in [1.29, 1.82) is 0 Å². The number of primary amides is 1. The van der Waals surface area contributed by atoms with Crippen LogP contribution < -0.4 is 11.4 Å². The van der Waals surface area contributed by atoms with Gasteiger partial charge in [-0.05, 0) is 28.1 Å². The van der Waals surface area contributed by atoms with Gasteiger partial charge in [0.2, 0.25) is 0 Å². The maximum atomic E-state index is 12.7. The highest BCUT2D eigenvalue weighted by Crippen LogP contribution is 2.09. The van der Waals surface area contributed by atoms with Crippen LogP contribution in [-0.4, -0.2) is 32.0 Å². The number of carbonyl (C=O) groups is 1. The number of hydrogen-bond acceptors (Lipinski definition) is 5. The molecule has 8 nitrogen and oxygen atoms in total.